The van der Waals surface area contributed by atoms with Crippen molar-refractivity contribution in [2.45, 2.75) is 76.7 Å². The average molecular weight is 741 g/mol. The standard InChI is InChI=1S/C46H52N4O5/c1-2-3-4-5-6-7-8-9-16-27-38(51)55-31-50-45(53)41-34-30-35(46(54,33-23-14-11-15-24-33)37-26-18-20-29-49-37)42(43(41)44(47)52)40(34)39(32-21-12-10-13-22-32)36-25-17-19-28-48-36/h10-15,17-26,28-30,34,41-43,54H,2-9,16,27,31H2,1H3,(H2,47,52)(H,50,53). The number of nitrogens with zero attached hydrogens (tertiary/aromatic N) is 2. The summed E-state index contributed by atoms with van der Waals surface area (Å²) in [4.78, 5) is 49.9. The van der Waals surface area contributed by atoms with Gasteiger partial charge in [-0.2, -0.15) is 0 Å². The number of hydrogen-bond donors (Lipinski definition) is 3. The van der Waals surface area contributed by atoms with E-state index < -0.39 is 41.1 Å². The molecule has 4 N–H and O–H groups in total. The first-order chi connectivity index (χ1) is 26.9. The third kappa shape index (κ3) is 8.78. The fraction of sp³-hybridized carbons (Fsp3) is 0.370. The van der Waals surface area contributed by atoms with Crippen LogP contribution in [0.4, 0.5) is 0 Å². The molecule has 0 spiro atoms. The van der Waals surface area contributed by atoms with Crippen molar-refractivity contribution in [3.8, 4) is 0 Å². The molecule has 0 radical (unpaired) electrons. The first kappa shape index (κ1) is 39.3. The number of benzene rings is 2. The average Bonchev–Trinajstić information content (AvgIpc) is 3.75. The van der Waals surface area contributed by atoms with E-state index in [9.17, 15) is 19.5 Å². The minimum atomic E-state index is -1.77. The molecule has 9 heteroatoms. The van der Waals surface area contributed by atoms with Crippen LogP contribution in [0.15, 0.2) is 127 Å². The molecule has 4 aromatic rings. The first-order valence-electron chi connectivity index (χ1n) is 19.7. The molecule has 2 aromatic heterocycles. The zero-order valence-corrected chi connectivity index (χ0v) is 31.6. The summed E-state index contributed by atoms with van der Waals surface area (Å²) in [7, 11) is 0. The summed E-state index contributed by atoms with van der Waals surface area (Å²) >= 11 is 0. The number of pyridine rings is 2. The smallest absolute Gasteiger partial charge is 0.307 e. The van der Waals surface area contributed by atoms with Gasteiger partial charge in [0.25, 0.3) is 0 Å². The van der Waals surface area contributed by atoms with Crippen molar-refractivity contribution in [2.75, 3.05) is 6.73 Å². The molecule has 0 saturated heterocycles. The van der Waals surface area contributed by atoms with Crippen LogP contribution in [-0.4, -0.2) is 39.6 Å². The Bertz CT molecular complexity index is 1870. The summed E-state index contributed by atoms with van der Waals surface area (Å²) < 4.78 is 5.45. The van der Waals surface area contributed by atoms with Crippen LogP contribution in [0.25, 0.3) is 5.57 Å². The van der Waals surface area contributed by atoms with Crippen LogP contribution in [0.3, 0.4) is 0 Å². The van der Waals surface area contributed by atoms with Gasteiger partial charge in [-0.1, -0.05) is 137 Å². The van der Waals surface area contributed by atoms with Gasteiger partial charge >= 0.3 is 5.97 Å². The van der Waals surface area contributed by atoms with Crippen molar-refractivity contribution >= 4 is 23.4 Å². The van der Waals surface area contributed by atoms with E-state index >= 15 is 0 Å². The van der Waals surface area contributed by atoms with Crippen molar-refractivity contribution in [3.05, 3.63) is 149 Å². The van der Waals surface area contributed by atoms with Gasteiger partial charge in [0, 0.05) is 36.2 Å². The van der Waals surface area contributed by atoms with E-state index in [-0.39, 0.29) is 19.1 Å². The lowest BCUT2D eigenvalue weighted by molar-refractivity contribution is -0.146. The minimum absolute atomic E-state index is 0.277. The molecule has 286 valence electrons. The number of amides is 2. The van der Waals surface area contributed by atoms with Gasteiger partial charge in [-0.05, 0) is 53.0 Å². The number of unbranched alkanes of at least 4 members (excludes halogenated alkanes) is 8. The Morgan fingerprint density at radius 1 is 0.764 bits per heavy atom. The SMILES string of the molecule is CCCCCCCCCCCC(=O)OCNC(=O)C1C2C=C(C(O)(c3ccccc3)c3ccccn3)C(C2=C(c2ccccc2)c2ccccn2)C1C(N)=O. The number of esters is 1. The van der Waals surface area contributed by atoms with Gasteiger partial charge in [-0.15, -0.1) is 0 Å². The number of nitrogens with two attached hydrogens (primary N) is 1. The highest BCUT2D eigenvalue weighted by Crippen LogP contribution is 2.62. The summed E-state index contributed by atoms with van der Waals surface area (Å²) in [6.45, 7) is 1.89. The highest BCUT2D eigenvalue weighted by Gasteiger charge is 2.61. The number of primary amides is 1. The molecule has 1 saturated carbocycles. The molecular weight excluding hydrogens is 689 g/mol. The van der Waals surface area contributed by atoms with Crippen molar-refractivity contribution < 1.29 is 24.2 Å². The highest BCUT2D eigenvalue weighted by atomic mass is 16.5. The zero-order chi connectivity index (χ0) is 38.6. The maximum atomic E-state index is 14.2. The van der Waals surface area contributed by atoms with Crippen LogP contribution >= 0.6 is 0 Å². The summed E-state index contributed by atoms with van der Waals surface area (Å²) in [6, 6.07) is 29.9. The highest BCUT2D eigenvalue weighted by molar-refractivity contribution is 5.94. The number of carbonyl (C=O) groups excluding carboxylic acids is 3. The molecule has 5 atom stereocenters. The maximum absolute atomic E-state index is 14.2. The van der Waals surface area contributed by atoms with E-state index in [0.717, 1.165) is 36.0 Å². The quantitative estimate of drug-likeness (QED) is 0.0388. The summed E-state index contributed by atoms with van der Waals surface area (Å²) in [5, 5.41) is 15.8. The Morgan fingerprint density at radius 3 is 2.00 bits per heavy atom. The van der Waals surface area contributed by atoms with Crippen LogP contribution in [0.1, 0.15) is 93.6 Å². The molecule has 2 aliphatic rings. The van der Waals surface area contributed by atoms with Gasteiger partial charge in [-0.25, -0.2) is 0 Å². The second kappa shape index (κ2) is 18.8. The number of carbonyl (C=O) groups is 3. The second-order valence-corrected chi connectivity index (χ2v) is 14.6. The first-order valence-corrected chi connectivity index (χ1v) is 19.7. The fourth-order valence-corrected chi connectivity index (χ4v) is 8.47. The van der Waals surface area contributed by atoms with Crippen LogP contribution in [0.2, 0.25) is 0 Å². The number of rotatable bonds is 19. The van der Waals surface area contributed by atoms with Crippen molar-refractivity contribution in [1.29, 1.82) is 0 Å². The largest absolute Gasteiger partial charge is 0.444 e. The van der Waals surface area contributed by atoms with Gasteiger partial charge < -0.3 is 20.9 Å². The normalized spacial score (nSPS) is 20.7. The number of aromatic nitrogens is 2. The fourth-order valence-electron chi connectivity index (χ4n) is 8.47. The Labute approximate surface area is 324 Å². The van der Waals surface area contributed by atoms with E-state index in [1.807, 2.05) is 91.0 Å². The molecule has 9 nitrogen and oxygen atoms in total. The zero-order valence-electron chi connectivity index (χ0n) is 31.6. The molecule has 2 bridgehead atoms. The van der Waals surface area contributed by atoms with E-state index in [1.165, 1.54) is 38.5 Å². The van der Waals surface area contributed by atoms with Gasteiger partial charge in [0.05, 0.1) is 23.2 Å². The molecule has 5 unspecified atom stereocenters. The van der Waals surface area contributed by atoms with Crippen LogP contribution < -0.4 is 11.1 Å². The van der Waals surface area contributed by atoms with Crippen molar-refractivity contribution in [1.82, 2.24) is 15.3 Å². The van der Waals surface area contributed by atoms with Crippen molar-refractivity contribution in [2.24, 2.45) is 29.4 Å². The van der Waals surface area contributed by atoms with E-state index in [2.05, 4.69) is 17.2 Å². The summed E-state index contributed by atoms with van der Waals surface area (Å²) in [5.74, 6) is -4.96. The van der Waals surface area contributed by atoms with Crippen LogP contribution in [0, 0.1) is 23.7 Å². The lowest BCUT2D eigenvalue weighted by atomic mass is 9.70. The summed E-state index contributed by atoms with van der Waals surface area (Å²) in [6.07, 6.45) is 15.7. The number of fused-ring (bicyclic) bond motifs is 2. The minimum Gasteiger partial charge on any atom is -0.444 e. The molecule has 0 aliphatic heterocycles. The van der Waals surface area contributed by atoms with E-state index in [4.69, 9.17) is 15.5 Å². The summed E-state index contributed by atoms with van der Waals surface area (Å²) in [5.41, 5.74) is 8.97. The Hall–Kier alpha value is -5.41. The third-order valence-corrected chi connectivity index (χ3v) is 11.0. The molecule has 55 heavy (non-hydrogen) atoms. The molecule has 2 heterocycles. The van der Waals surface area contributed by atoms with Gasteiger partial charge in [0.2, 0.25) is 11.8 Å². The lowest BCUT2D eigenvalue weighted by Gasteiger charge is -2.37. The number of allylic oxidation sites excluding steroid dienone is 2. The topological polar surface area (TPSA) is 144 Å². The Kier molecular flexibility index (Phi) is 13.4. The predicted molar refractivity (Wildman–Crippen MR) is 213 cm³/mol. The third-order valence-electron chi connectivity index (χ3n) is 11.0. The van der Waals surface area contributed by atoms with Gasteiger partial charge in [0.15, 0.2) is 12.3 Å². The van der Waals surface area contributed by atoms with Gasteiger partial charge in [0.1, 0.15) is 0 Å². The molecule has 2 amide bonds. The van der Waals surface area contributed by atoms with E-state index in [0.29, 0.717) is 22.5 Å². The molecule has 2 aliphatic carbocycles. The predicted octanol–water partition coefficient (Wildman–Crippen LogP) is 7.66. The maximum Gasteiger partial charge on any atom is 0.307 e. The molecular formula is C46H52N4O5. The van der Waals surface area contributed by atoms with Crippen molar-refractivity contribution in [3.63, 3.8) is 0 Å². The Balaban J connectivity index is 1.31. The van der Waals surface area contributed by atoms with Crippen LogP contribution in [-0.2, 0) is 24.7 Å². The number of ether oxygens (including phenoxy) is 1. The monoisotopic (exact) mass is 740 g/mol. The molecule has 2 aromatic carbocycles. The lowest BCUT2D eigenvalue weighted by Crippen LogP contribution is -2.46. The molecule has 1 fully saturated rings. The van der Waals surface area contributed by atoms with Crippen LogP contribution in [0.5, 0.6) is 0 Å². The Morgan fingerprint density at radius 2 is 1.38 bits per heavy atom. The number of nitrogens with one attached hydrogen (secondary N) is 1. The second-order valence-electron chi connectivity index (χ2n) is 14.6. The van der Waals surface area contributed by atoms with Gasteiger partial charge in [-0.3, -0.25) is 24.4 Å². The molecule has 6 rings (SSSR count). The number of aliphatic hydroxyl groups is 1. The number of hydrogen-bond acceptors (Lipinski definition) is 7. The van der Waals surface area contributed by atoms with E-state index in [1.54, 1.807) is 24.5 Å².